The first-order valence-electron chi connectivity index (χ1n) is 9.49. The van der Waals surface area contributed by atoms with E-state index in [4.69, 9.17) is 13.9 Å². The first-order chi connectivity index (χ1) is 14.2. The van der Waals surface area contributed by atoms with E-state index >= 15 is 0 Å². The van der Waals surface area contributed by atoms with Crippen LogP contribution in [0.1, 0.15) is 52.6 Å². The summed E-state index contributed by atoms with van der Waals surface area (Å²) in [5, 5.41) is 0. The number of benzene rings is 1. The smallest absolute Gasteiger partial charge is 0.341 e. The first-order valence-corrected chi connectivity index (χ1v) is 9.49. The van der Waals surface area contributed by atoms with Crippen molar-refractivity contribution in [3.05, 3.63) is 79.4 Å². The normalized spacial score (nSPS) is 11.0. The number of nitrogens with one attached hydrogen (secondary N) is 1. The molecular formula is C22H24N2O6. The molecule has 1 N–H and O–H groups in total. The molecule has 0 radical (unpaired) electrons. The number of H-pyrrole nitrogens is 1. The lowest BCUT2D eigenvalue weighted by atomic mass is 10.1. The van der Waals surface area contributed by atoms with Crippen molar-refractivity contribution in [3.63, 3.8) is 0 Å². The van der Waals surface area contributed by atoms with E-state index in [2.05, 4.69) is 4.98 Å². The van der Waals surface area contributed by atoms with Crippen LogP contribution in [-0.2, 0) is 11.3 Å². The van der Waals surface area contributed by atoms with Crippen molar-refractivity contribution in [1.29, 1.82) is 0 Å². The highest BCUT2D eigenvalue weighted by molar-refractivity contribution is 5.90. The number of furan rings is 1. The molecule has 0 saturated heterocycles. The molecule has 0 atom stereocenters. The largest absolute Gasteiger partial charge is 0.467 e. The average molecular weight is 412 g/mol. The molecule has 0 aliphatic heterocycles. The lowest BCUT2D eigenvalue weighted by Crippen LogP contribution is -2.34. The minimum atomic E-state index is -0.670. The van der Waals surface area contributed by atoms with Gasteiger partial charge in [0.05, 0.1) is 25.5 Å². The summed E-state index contributed by atoms with van der Waals surface area (Å²) in [5.74, 6) is 0.0167. The number of aryl methyl sites for hydroxylation is 2. The predicted molar refractivity (Wildman–Crippen MR) is 111 cm³/mol. The molecule has 1 aromatic carbocycles. The van der Waals surface area contributed by atoms with Gasteiger partial charge in [-0.25, -0.2) is 9.59 Å². The van der Waals surface area contributed by atoms with Crippen molar-refractivity contribution in [2.24, 2.45) is 0 Å². The van der Waals surface area contributed by atoms with E-state index in [1.807, 2.05) is 45.9 Å². The number of hydrogen-bond acceptors (Lipinski definition) is 6. The van der Waals surface area contributed by atoms with Gasteiger partial charge in [-0.3, -0.25) is 14.3 Å². The summed E-state index contributed by atoms with van der Waals surface area (Å²) in [6.07, 6.45) is 1.34. The van der Waals surface area contributed by atoms with E-state index in [0.717, 1.165) is 11.1 Å². The zero-order valence-corrected chi connectivity index (χ0v) is 17.6. The second-order valence-electron chi connectivity index (χ2n) is 7.39. The number of rotatable bonds is 6. The Morgan fingerprint density at radius 2 is 1.83 bits per heavy atom. The van der Waals surface area contributed by atoms with Gasteiger partial charge < -0.3 is 13.9 Å². The SMILES string of the molecule is COC(=O)c1ccoc1Cn1c(Oc2cc(C)cc(C)c2)c(C(C)C)c(=O)[nH]c1=O. The molecule has 0 bridgehead atoms. The molecule has 0 spiro atoms. The fourth-order valence-electron chi connectivity index (χ4n) is 3.33. The lowest BCUT2D eigenvalue weighted by molar-refractivity contribution is 0.0598. The number of hydrogen-bond donors (Lipinski definition) is 1. The van der Waals surface area contributed by atoms with Gasteiger partial charge in [-0.05, 0) is 49.1 Å². The summed E-state index contributed by atoms with van der Waals surface area (Å²) in [6, 6.07) is 7.10. The van der Waals surface area contributed by atoms with E-state index in [1.165, 1.54) is 24.0 Å². The van der Waals surface area contributed by atoms with Crippen LogP contribution < -0.4 is 16.0 Å². The zero-order chi connectivity index (χ0) is 22.0. The Labute approximate surface area is 173 Å². The van der Waals surface area contributed by atoms with Gasteiger partial charge in [0.25, 0.3) is 5.56 Å². The van der Waals surface area contributed by atoms with Crippen LogP contribution in [0.25, 0.3) is 0 Å². The maximum absolute atomic E-state index is 12.7. The van der Waals surface area contributed by atoms with E-state index in [-0.39, 0.29) is 29.7 Å². The molecule has 0 fully saturated rings. The summed E-state index contributed by atoms with van der Waals surface area (Å²) in [6.45, 7) is 7.41. The van der Waals surface area contributed by atoms with Gasteiger partial charge >= 0.3 is 11.7 Å². The summed E-state index contributed by atoms with van der Waals surface area (Å²) in [4.78, 5) is 39.6. The summed E-state index contributed by atoms with van der Waals surface area (Å²) >= 11 is 0. The second kappa shape index (κ2) is 8.44. The van der Waals surface area contributed by atoms with Crippen LogP contribution in [0.15, 0.2) is 44.5 Å². The van der Waals surface area contributed by atoms with Crippen molar-refractivity contribution < 1.29 is 18.7 Å². The fraction of sp³-hybridized carbons (Fsp3) is 0.318. The predicted octanol–water partition coefficient (Wildman–Crippen LogP) is 3.50. The molecule has 8 heteroatoms. The van der Waals surface area contributed by atoms with Crippen LogP contribution in [-0.4, -0.2) is 22.6 Å². The Balaban J connectivity index is 2.19. The lowest BCUT2D eigenvalue weighted by Gasteiger charge is -2.18. The molecule has 2 heterocycles. The average Bonchev–Trinajstić information content (AvgIpc) is 3.11. The molecule has 8 nitrogen and oxygen atoms in total. The number of aromatic nitrogens is 2. The zero-order valence-electron chi connectivity index (χ0n) is 17.6. The van der Waals surface area contributed by atoms with Gasteiger partial charge in [0.2, 0.25) is 5.88 Å². The van der Waals surface area contributed by atoms with Crippen LogP contribution in [0.3, 0.4) is 0 Å². The van der Waals surface area contributed by atoms with Crippen molar-refractivity contribution in [2.45, 2.75) is 40.2 Å². The van der Waals surface area contributed by atoms with E-state index in [1.54, 1.807) is 0 Å². The van der Waals surface area contributed by atoms with Gasteiger partial charge in [-0.15, -0.1) is 0 Å². The number of nitrogens with zero attached hydrogens (tertiary/aromatic N) is 1. The molecule has 2 aromatic heterocycles. The molecule has 30 heavy (non-hydrogen) atoms. The third-order valence-corrected chi connectivity index (χ3v) is 4.63. The number of carbonyl (C=O) groups is 1. The maximum atomic E-state index is 12.7. The number of methoxy groups -OCH3 is 1. The van der Waals surface area contributed by atoms with Crippen molar-refractivity contribution in [2.75, 3.05) is 7.11 Å². The second-order valence-corrected chi connectivity index (χ2v) is 7.39. The van der Waals surface area contributed by atoms with Crippen LogP contribution in [0.2, 0.25) is 0 Å². The van der Waals surface area contributed by atoms with Crippen LogP contribution in [0.4, 0.5) is 0 Å². The number of esters is 1. The Hall–Kier alpha value is -3.55. The number of carbonyl (C=O) groups excluding carboxylic acids is 1. The van der Waals surface area contributed by atoms with Gasteiger partial charge in [0.15, 0.2) is 0 Å². The Bertz CT molecular complexity index is 1180. The highest BCUT2D eigenvalue weighted by Crippen LogP contribution is 2.29. The Morgan fingerprint density at radius 1 is 1.17 bits per heavy atom. The van der Waals surface area contributed by atoms with Gasteiger partial charge in [0.1, 0.15) is 17.1 Å². The topological polar surface area (TPSA) is 104 Å². The number of ether oxygens (including phenoxy) is 2. The molecule has 0 unspecified atom stereocenters. The molecule has 158 valence electrons. The molecule has 0 amide bonds. The van der Waals surface area contributed by atoms with E-state index in [9.17, 15) is 14.4 Å². The van der Waals surface area contributed by atoms with Gasteiger partial charge in [0, 0.05) is 0 Å². The highest BCUT2D eigenvalue weighted by atomic mass is 16.5. The van der Waals surface area contributed by atoms with E-state index in [0.29, 0.717) is 11.3 Å². The summed E-state index contributed by atoms with van der Waals surface area (Å²) < 4.78 is 17.5. The van der Waals surface area contributed by atoms with Gasteiger partial charge in [-0.1, -0.05) is 19.9 Å². The molecular weight excluding hydrogens is 388 g/mol. The van der Waals surface area contributed by atoms with Crippen LogP contribution in [0, 0.1) is 13.8 Å². The van der Waals surface area contributed by atoms with Crippen LogP contribution in [0.5, 0.6) is 11.6 Å². The third-order valence-electron chi connectivity index (χ3n) is 4.63. The molecule has 3 aromatic rings. The minimum Gasteiger partial charge on any atom is -0.467 e. The van der Waals surface area contributed by atoms with Crippen molar-refractivity contribution in [1.82, 2.24) is 9.55 Å². The van der Waals surface area contributed by atoms with Gasteiger partial charge in [-0.2, -0.15) is 0 Å². The first kappa shape index (κ1) is 21.2. The quantitative estimate of drug-likeness (QED) is 0.622. The van der Waals surface area contributed by atoms with Crippen LogP contribution >= 0.6 is 0 Å². The summed E-state index contributed by atoms with van der Waals surface area (Å²) in [7, 11) is 1.26. The maximum Gasteiger partial charge on any atom is 0.341 e. The summed E-state index contributed by atoms with van der Waals surface area (Å²) in [5.41, 5.74) is 1.29. The van der Waals surface area contributed by atoms with Crippen molar-refractivity contribution >= 4 is 5.97 Å². The monoisotopic (exact) mass is 412 g/mol. The molecule has 3 rings (SSSR count). The Kier molecular flexibility index (Phi) is 5.96. The third kappa shape index (κ3) is 4.22. The Morgan fingerprint density at radius 3 is 2.43 bits per heavy atom. The standard InChI is InChI=1S/C22H24N2O6/c1-12(2)18-19(25)23-22(27)24(11-17-16(6-7-29-17)21(26)28-5)20(18)30-15-9-13(3)8-14(4)10-15/h6-10,12H,11H2,1-5H3,(H,23,25,27). The highest BCUT2D eigenvalue weighted by Gasteiger charge is 2.23. The number of aromatic amines is 1. The fourth-order valence-corrected chi connectivity index (χ4v) is 3.33. The van der Waals surface area contributed by atoms with E-state index < -0.39 is 17.2 Å². The molecule has 0 saturated carbocycles. The molecule has 0 aliphatic rings. The minimum absolute atomic E-state index is 0.107. The molecule has 0 aliphatic carbocycles. The van der Waals surface area contributed by atoms with Crippen molar-refractivity contribution in [3.8, 4) is 11.6 Å².